The van der Waals surface area contributed by atoms with E-state index in [0.717, 1.165) is 5.56 Å². The first-order chi connectivity index (χ1) is 12.3. The molecule has 0 aliphatic carbocycles. The summed E-state index contributed by atoms with van der Waals surface area (Å²) in [6.45, 7) is 5.74. The van der Waals surface area contributed by atoms with Gasteiger partial charge in [-0.1, -0.05) is 17.7 Å². The summed E-state index contributed by atoms with van der Waals surface area (Å²) in [6, 6.07) is 5.70. The van der Waals surface area contributed by atoms with Gasteiger partial charge in [0.25, 0.3) is 10.0 Å². The Labute approximate surface area is 154 Å². The first-order valence-electron chi connectivity index (χ1n) is 8.45. The van der Waals surface area contributed by atoms with Gasteiger partial charge in [-0.2, -0.15) is 0 Å². The van der Waals surface area contributed by atoms with Gasteiger partial charge in [-0.05, 0) is 46.2 Å². The Kier molecular flexibility index (Phi) is 6.57. The average Bonchev–Trinajstić information content (AvgIpc) is 2.52. The van der Waals surface area contributed by atoms with Crippen LogP contribution in [0.2, 0.25) is 0 Å². The Morgan fingerprint density at radius 3 is 2.31 bits per heavy atom. The number of sulfonamides is 1. The van der Waals surface area contributed by atoms with Crippen LogP contribution in [0.25, 0.3) is 0 Å². The fraction of sp³-hybridized carbons (Fsp3) is 0.529. The van der Waals surface area contributed by atoms with Crippen molar-refractivity contribution in [1.29, 1.82) is 0 Å². The van der Waals surface area contributed by atoms with Gasteiger partial charge in [0.2, 0.25) is 0 Å². The molecular weight excluding hydrogens is 365 g/mol. The van der Waals surface area contributed by atoms with Gasteiger partial charge in [-0.3, -0.25) is 4.79 Å². The summed E-state index contributed by atoms with van der Waals surface area (Å²) in [5.41, 5.74) is -0.188. The fourth-order valence-corrected chi connectivity index (χ4v) is 3.25. The predicted molar refractivity (Wildman–Crippen MR) is 93.1 cm³/mol. The minimum Gasteiger partial charge on any atom is -0.481 e. The number of halogens is 1. The topological polar surface area (TPSA) is 101 Å². The van der Waals surface area contributed by atoms with Gasteiger partial charge in [0.05, 0.1) is 11.3 Å². The van der Waals surface area contributed by atoms with E-state index >= 15 is 0 Å². The zero-order valence-corrected chi connectivity index (χ0v) is 15.9. The maximum Gasteiger partial charge on any atom is 0.424 e. The van der Waals surface area contributed by atoms with Crippen LogP contribution in [0.4, 0.5) is 9.18 Å². The van der Waals surface area contributed by atoms with Crippen LogP contribution in [0, 0.1) is 6.92 Å². The maximum atomic E-state index is 13.9. The highest BCUT2D eigenvalue weighted by Gasteiger charge is 2.33. The van der Waals surface area contributed by atoms with Crippen LogP contribution in [-0.2, 0) is 19.6 Å². The molecule has 0 radical (unpaired) electrons. The number of benzene rings is 1. The Morgan fingerprint density at radius 1 is 1.31 bits per heavy atom. The molecule has 0 heterocycles. The third-order valence-electron chi connectivity index (χ3n) is 3.14. The van der Waals surface area contributed by atoms with Gasteiger partial charge in [0.15, 0.2) is 0 Å². The van der Waals surface area contributed by atoms with E-state index in [1.54, 1.807) is 39.8 Å². The predicted octanol–water partition coefficient (Wildman–Crippen LogP) is 3.12. The van der Waals surface area contributed by atoms with E-state index in [4.69, 9.17) is 11.2 Å². The number of nitrogens with zero attached hydrogens (tertiary/aromatic N) is 1. The van der Waals surface area contributed by atoms with Crippen LogP contribution in [0.3, 0.4) is 0 Å². The molecule has 1 amide bonds. The monoisotopic (exact) mass is 390 g/mol. The number of amides is 1. The molecule has 1 aromatic rings. The lowest BCUT2D eigenvalue weighted by Crippen LogP contribution is -2.42. The molecule has 0 spiro atoms. The minimum atomic E-state index is -4.35. The number of aliphatic carboxylic acids is 1. The molecule has 2 atom stereocenters. The smallest absolute Gasteiger partial charge is 0.424 e. The molecule has 0 aliphatic rings. The molecule has 7 nitrogen and oxygen atoms in total. The Hall–Kier alpha value is -2.16. The summed E-state index contributed by atoms with van der Waals surface area (Å²) in [5, 5.41) is 8.69. The first kappa shape index (κ1) is 20.2. The third kappa shape index (κ3) is 6.62. The Balaban J connectivity index is 3.15. The molecule has 9 heteroatoms. The number of hydrogen-bond acceptors (Lipinski definition) is 5. The van der Waals surface area contributed by atoms with Crippen LogP contribution >= 0.6 is 0 Å². The molecule has 1 rings (SSSR count). The third-order valence-corrected chi connectivity index (χ3v) is 4.92. The van der Waals surface area contributed by atoms with E-state index in [9.17, 15) is 22.4 Å². The van der Waals surface area contributed by atoms with Crippen molar-refractivity contribution in [3.05, 3.63) is 29.8 Å². The van der Waals surface area contributed by atoms with Crippen molar-refractivity contribution in [2.75, 3.05) is 6.54 Å². The zero-order valence-electron chi connectivity index (χ0n) is 16.1. The molecule has 1 aromatic carbocycles. The number of carboxylic acids is 1. The highest BCUT2D eigenvalue weighted by molar-refractivity contribution is 7.89. The van der Waals surface area contributed by atoms with Crippen molar-refractivity contribution in [2.45, 2.75) is 57.2 Å². The summed E-state index contributed by atoms with van der Waals surface area (Å²) in [6.07, 6.45) is -6.08. The number of alkyl halides is 1. The highest BCUT2D eigenvalue weighted by atomic mass is 32.2. The van der Waals surface area contributed by atoms with Gasteiger partial charge in [0, 0.05) is 7.92 Å². The molecule has 0 saturated heterocycles. The first-order valence-corrected chi connectivity index (χ1v) is 9.31. The highest BCUT2D eigenvalue weighted by Crippen LogP contribution is 2.21. The van der Waals surface area contributed by atoms with E-state index in [2.05, 4.69) is 0 Å². The van der Waals surface area contributed by atoms with Crippen molar-refractivity contribution in [3.8, 4) is 0 Å². The molecule has 0 saturated carbocycles. The van der Waals surface area contributed by atoms with E-state index in [-0.39, 0.29) is 4.90 Å². The quantitative estimate of drug-likeness (QED) is 0.768. The van der Waals surface area contributed by atoms with Crippen molar-refractivity contribution < 1.29 is 33.6 Å². The molecule has 26 heavy (non-hydrogen) atoms. The number of carbonyl (C=O) groups is 2. The Bertz CT molecular complexity index is 776. The number of rotatable bonds is 7. The van der Waals surface area contributed by atoms with Crippen LogP contribution < -0.4 is 0 Å². The van der Waals surface area contributed by atoms with Crippen molar-refractivity contribution >= 4 is 22.1 Å². The summed E-state index contributed by atoms with van der Waals surface area (Å²) in [5.74, 6) is -1.67. The Morgan fingerprint density at radius 2 is 1.85 bits per heavy atom. The number of carboxylic acid groups (broad SMARTS) is 1. The maximum absolute atomic E-state index is 13.9. The van der Waals surface area contributed by atoms with E-state index in [0.29, 0.717) is 4.31 Å². The van der Waals surface area contributed by atoms with Gasteiger partial charge in [0.1, 0.15) is 11.8 Å². The lowest BCUT2D eigenvalue weighted by molar-refractivity contribution is -0.138. The summed E-state index contributed by atoms with van der Waals surface area (Å²) in [7, 11) is -4.35. The molecule has 146 valence electrons. The van der Waals surface area contributed by atoms with E-state index in [1.807, 2.05) is 0 Å². The number of hydrogen-bond donors (Lipinski definition) is 1. The summed E-state index contributed by atoms with van der Waals surface area (Å²) < 4.78 is 52.2. The number of carbonyl (C=O) groups excluding carboxylic acids is 1. The van der Waals surface area contributed by atoms with Crippen LogP contribution in [0.15, 0.2) is 29.2 Å². The normalized spacial score (nSPS) is 14.9. The lowest BCUT2D eigenvalue weighted by atomic mass is 10.2. The van der Waals surface area contributed by atoms with Gasteiger partial charge in [-0.25, -0.2) is 21.9 Å². The van der Waals surface area contributed by atoms with E-state index < -0.39 is 53.2 Å². The van der Waals surface area contributed by atoms with Gasteiger partial charge >= 0.3 is 12.1 Å². The minimum absolute atomic E-state index is 0.185. The second kappa shape index (κ2) is 8.48. The largest absolute Gasteiger partial charge is 0.481 e. The molecular formula is C17H24FNO6S. The van der Waals surface area contributed by atoms with Crippen LogP contribution in [0.1, 0.15) is 40.5 Å². The molecule has 0 unspecified atom stereocenters. The van der Waals surface area contributed by atoms with Crippen molar-refractivity contribution in [3.63, 3.8) is 0 Å². The van der Waals surface area contributed by atoms with Gasteiger partial charge in [-0.15, -0.1) is 0 Å². The summed E-state index contributed by atoms with van der Waals surface area (Å²) in [4.78, 5) is 22.9. The number of ether oxygens (including phenoxy) is 1. The van der Waals surface area contributed by atoms with Crippen LogP contribution in [0.5, 0.6) is 0 Å². The average molecular weight is 390 g/mol. The standard InChI is InChI=1S/C17H24FNO6S/c1-12-5-7-14(8-6-12)26(23,24)19(16(22)25-17(2,3)4)10-9-13(18)11-15(20)21/h5-8,13H,9-11H2,1-4H3,(H,20,21)/t13-/m1/s1/i11D/t11-,13-. The molecule has 0 aromatic heterocycles. The lowest BCUT2D eigenvalue weighted by Gasteiger charge is -2.27. The molecule has 0 aliphatic heterocycles. The van der Waals surface area contributed by atoms with Crippen molar-refractivity contribution in [1.82, 2.24) is 4.31 Å². The fourth-order valence-electron chi connectivity index (χ4n) is 1.94. The van der Waals surface area contributed by atoms with Crippen molar-refractivity contribution in [2.24, 2.45) is 0 Å². The molecule has 0 fully saturated rings. The SMILES string of the molecule is [2H][C@@H](C(=O)O)[C@H](F)CCN(C(=O)OC(C)(C)C)S(=O)(=O)c1ccc(C)cc1. The molecule has 0 bridgehead atoms. The van der Waals surface area contributed by atoms with E-state index in [1.165, 1.54) is 12.1 Å². The second-order valence-corrected chi connectivity index (χ2v) is 8.54. The number of aryl methyl sites for hydroxylation is 1. The second-order valence-electron chi connectivity index (χ2n) is 6.68. The van der Waals surface area contributed by atoms with Gasteiger partial charge < -0.3 is 9.84 Å². The summed E-state index contributed by atoms with van der Waals surface area (Å²) >= 11 is 0. The molecule has 1 N–H and O–H groups in total. The zero-order chi connectivity index (χ0) is 21.0. The van der Waals surface area contributed by atoms with Crippen LogP contribution in [-0.4, -0.2) is 48.2 Å².